The average molecular weight is 310 g/mol. The molecule has 1 aromatic rings. The van der Waals surface area contributed by atoms with Crippen LogP contribution >= 0.6 is 0 Å². The summed E-state index contributed by atoms with van der Waals surface area (Å²) in [5.74, 6) is -2.84. The van der Waals surface area contributed by atoms with Gasteiger partial charge in [-0.1, -0.05) is 0 Å². The van der Waals surface area contributed by atoms with Crippen LogP contribution in [0.3, 0.4) is 0 Å². The van der Waals surface area contributed by atoms with Crippen molar-refractivity contribution in [2.45, 2.75) is 12.8 Å². The number of alkyl halides is 3. The van der Waals surface area contributed by atoms with Crippen molar-refractivity contribution in [3.63, 3.8) is 0 Å². The summed E-state index contributed by atoms with van der Waals surface area (Å²) in [6.07, 6.45) is -4.99. The Morgan fingerprint density at radius 1 is 1.43 bits per heavy atom. The number of halogens is 3. The van der Waals surface area contributed by atoms with Gasteiger partial charge in [0.1, 0.15) is 0 Å². The minimum absolute atomic E-state index is 0.396. The minimum atomic E-state index is -5.19. The molecular weight excluding hydrogens is 301 g/mol. The Labute approximate surface area is 115 Å². The van der Waals surface area contributed by atoms with E-state index >= 15 is 0 Å². The second-order valence-electron chi connectivity index (χ2n) is 3.53. The summed E-state index contributed by atoms with van der Waals surface area (Å²) in [5.41, 5.74) is -1.46. The van der Waals surface area contributed by atoms with E-state index in [-0.39, 0.29) is 0 Å². The first-order valence-electron chi connectivity index (χ1n) is 5.22. The minimum Gasteiger partial charge on any atom is -0.478 e. The van der Waals surface area contributed by atoms with Crippen LogP contribution in [0.25, 0.3) is 0 Å². The molecule has 0 fully saturated rings. The predicted octanol–water partition coefficient (Wildman–Crippen LogP) is 1.61. The lowest BCUT2D eigenvalue weighted by Crippen LogP contribution is -2.19. The molecule has 0 aromatic carbocycles. The molecule has 1 rings (SSSR count). The van der Waals surface area contributed by atoms with E-state index in [0.29, 0.717) is 0 Å². The summed E-state index contributed by atoms with van der Waals surface area (Å²) in [4.78, 5) is 24.5. The number of nitro groups is 1. The fourth-order valence-corrected chi connectivity index (χ4v) is 1.41. The molecule has 0 saturated carbocycles. The number of aromatic nitrogens is 1. The Morgan fingerprint density at radius 2 is 2.05 bits per heavy atom. The Morgan fingerprint density at radius 3 is 2.48 bits per heavy atom. The van der Waals surface area contributed by atoms with Gasteiger partial charge in [-0.05, 0) is 0 Å². The van der Waals surface area contributed by atoms with Gasteiger partial charge in [0.15, 0.2) is 0 Å². The number of esters is 1. The standard InChI is InChI=1S/C10H9F3N2O6/c1-19-6(16)3-5-4-14-9(20-2)8(7(5)15(17)18)21-10(11,12)13/h4H,3H2,1-2H3. The monoisotopic (exact) mass is 310 g/mol. The van der Waals surface area contributed by atoms with Gasteiger partial charge in [0.05, 0.1) is 31.1 Å². The van der Waals surface area contributed by atoms with E-state index in [1.54, 1.807) is 0 Å². The van der Waals surface area contributed by atoms with Gasteiger partial charge in [-0.3, -0.25) is 14.9 Å². The van der Waals surface area contributed by atoms with Crippen LogP contribution in [-0.4, -0.2) is 36.5 Å². The second-order valence-corrected chi connectivity index (χ2v) is 3.53. The van der Waals surface area contributed by atoms with Gasteiger partial charge in [-0.2, -0.15) is 0 Å². The third kappa shape index (κ3) is 4.19. The fraction of sp³-hybridized carbons (Fsp3) is 0.400. The fourth-order valence-electron chi connectivity index (χ4n) is 1.41. The zero-order valence-electron chi connectivity index (χ0n) is 10.8. The molecule has 21 heavy (non-hydrogen) atoms. The van der Waals surface area contributed by atoms with E-state index in [1.807, 2.05) is 0 Å². The molecule has 0 saturated heterocycles. The third-order valence-electron chi connectivity index (χ3n) is 2.21. The number of nitrogens with zero attached hydrogens (tertiary/aromatic N) is 2. The molecule has 0 unspecified atom stereocenters. The van der Waals surface area contributed by atoms with Gasteiger partial charge in [0.25, 0.3) is 11.6 Å². The molecule has 0 aliphatic heterocycles. The Balaban J connectivity index is 3.44. The largest absolute Gasteiger partial charge is 0.573 e. The molecule has 0 radical (unpaired) electrons. The van der Waals surface area contributed by atoms with Gasteiger partial charge in [-0.25, -0.2) is 4.98 Å². The van der Waals surface area contributed by atoms with E-state index in [0.717, 1.165) is 20.4 Å². The molecule has 0 amide bonds. The van der Waals surface area contributed by atoms with Crippen molar-refractivity contribution in [2.24, 2.45) is 0 Å². The molecule has 0 spiro atoms. The molecule has 1 aromatic heterocycles. The topological polar surface area (TPSA) is 101 Å². The van der Waals surface area contributed by atoms with Gasteiger partial charge < -0.3 is 14.2 Å². The van der Waals surface area contributed by atoms with Crippen LogP contribution in [0.15, 0.2) is 6.20 Å². The van der Waals surface area contributed by atoms with Crippen LogP contribution in [-0.2, 0) is 16.0 Å². The molecule has 0 aliphatic carbocycles. The molecule has 116 valence electrons. The van der Waals surface area contributed by atoms with Gasteiger partial charge in [-0.15, -0.1) is 13.2 Å². The van der Waals surface area contributed by atoms with Crippen molar-refractivity contribution >= 4 is 11.7 Å². The lowest BCUT2D eigenvalue weighted by molar-refractivity contribution is -0.389. The highest BCUT2D eigenvalue weighted by Crippen LogP contribution is 2.41. The lowest BCUT2D eigenvalue weighted by Gasteiger charge is -2.13. The molecule has 11 heteroatoms. The number of hydrogen-bond acceptors (Lipinski definition) is 7. The van der Waals surface area contributed by atoms with E-state index in [2.05, 4.69) is 19.2 Å². The predicted molar refractivity (Wildman–Crippen MR) is 59.8 cm³/mol. The average Bonchev–Trinajstić information content (AvgIpc) is 2.36. The zero-order chi connectivity index (χ0) is 16.2. The first kappa shape index (κ1) is 16.5. The summed E-state index contributed by atoms with van der Waals surface area (Å²) in [6, 6.07) is 0. The van der Waals surface area contributed by atoms with Crippen molar-refractivity contribution in [1.29, 1.82) is 0 Å². The molecular formula is C10H9F3N2O6. The Kier molecular flexibility index (Phi) is 4.89. The number of ether oxygens (including phenoxy) is 3. The number of methoxy groups -OCH3 is 2. The maximum absolute atomic E-state index is 12.3. The zero-order valence-corrected chi connectivity index (χ0v) is 10.8. The normalized spacial score (nSPS) is 10.9. The molecule has 0 N–H and O–H groups in total. The molecule has 0 aliphatic rings. The summed E-state index contributed by atoms with van der Waals surface area (Å²) in [5, 5.41) is 11.0. The Bertz CT molecular complexity index is 560. The van der Waals surface area contributed by atoms with Crippen molar-refractivity contribution < 1.29 is 37.1 Å². The van der Waals surface area contributed by atoms with Crippen LogP contribution < -0.4 is 9.47 Å². The van der Waals surface area contributed by atoms with Crippen molar-refractivity contribution in [1.82, 2.24) is 4.98 Å². The first-order chi connectivity index (χ1) is 9.69. The number of pyridine rings is 1. The van der Waals surface area contributed by atoms with Crippen molar-refractivity contribution in [2.75, 3.05) is 14.2 Å². The second kappa shape index (κ2) is 6.24. The number of carbonyl (C=O) groups excluding carboxylic acids is 1. The highest BCUT2D eigenvalue weighted by Gasteiger charge is 2.38. The van der Waals surface area contributed by atoms with E-state index in [4.69, 9.17) is 0 Å². The van der Waals surface area contributed by atoms with Crippen molar-refractivity contribution in [3.05, 3.63) is 21.9 Å². The van der Waals surface area contributed by atoms with Crippen LogP contribution in [0.4, 0.5) is 18.9 Å². The molecule has 0 atom stereocenters. The van der Waals surface area contributed by atoms with E-state index in [1.165, 1.54) is 0 Å². The van der Waals surface area contributed by atoms with Crippen LogP contribution in [0.5, 0.6) is 11.6 Å². The van der Waals surface area contributed by atoms with Crippen LogP contribution in [0.1, 0.15) is 5.56 Å². The lowest BCUT2D eigenvalue weighted by atomic mass is 10.1. The number of rotatable bonds is 5. The van der Waals surface area contributed by atoms with Gasteiger partial charge in [0.2, 0.25) is 0 Å². The highest BCUT2D eigenvalue weighted by atomic mass is 19.4. The summed E-state index contributed by atoms with van der Waals surface area (Å²) in [7, 11) is 1.99. The maximum Gasteiger partial charge on any atom is 0.573 e. The maximum atomic E-state index is 12.3. The SMILES string of the molecule is COC(=O)Cc1cnc(OC)c(OC(F)(F)F)c1[N+](=O)[O-]. The quantitative estimate of drug-likeness (QED) is 0.462. The highest BCUT2D eigenvalue weighted by molar-refractivity contribution is 5.75. The number of hydrogen-bond donors (Lipinski definition) is 0. The number of carbonyl (C=O) groups is 1. The first-order valence-corrected chi connectivity index (χ1v) is 5.22. The van der Waals surface area contributed by atoms with E-state index < -0.39 is 46.6 Å². The molecule has 1 heterocycles. The smallest absolute Gasteiger partial charge is 0.478 e. The summed E-state index contributed by atoms with van der Waals surface area (Å²) >= 11 is 0. The summed E-state index contributed by atoms with van der Waals surface area (Å²) in [6.45, 7) is 0. The van der Waals surface area contributed by atoms with Crippen LogP contribution in [0.2, 0.25) is 0 Å². The molecule has 0 bridgehead atoms. The van der Waals surface area contributed by atoms with Gasteiger partial charge >= 0.3 is 18.0 Å². The van der Waals surface area contributed by atoms with Crippen LogP contribution in [0, 0.1) is 10.1 Å². The Hall–Kier alpha value is -2.59. The van der Waals surface area contributed by atoms with Gasteiger partial charge in [0, 0.05) is 6.20 Å². The molecule has 8 nitrogen and oxygen atoms in total. The summed E-state index contributed by atoms with van der Waals surface area (Å²) < 4.78 is 49.4. The van der Waals surface area contributed by atoms with Crippen molar-refractivity contribution in [3.8, 4) is 11.6 Å². The third-order valence-corrected chi connectivity index (χ3v) is 2.21. The van der Waals surface area contributed by atoms with E-state index in [9.17, 15) is 28.1 Å².